The molecule has 64 valence electrons. The van der Waals surface area contributed by atoms with E-state index in [1.54, 1.807) is 0 Å². The number of halogens is 1. The zero-order valence-electron chi connectivity index (χ0n) is 6.32. The first kappa shape index (κ1) is 9.87. The summed E-state index contributed by atoms with van der Waals surface area (Å²) < 4.78 is 11.3. The second-order valence-corrected chi connectivity index (χ2v) is 2.04. The van der Waals surface area contributed by atoms with Gasteiger partial charge in [0.1, 0.15) is 0 Å². The van der Waals surface area contributed by atoms with E-state index in [1.807, 2.05) is 0 Å². The first-order valence-electron chi connectivity index (χ1n) is 3.30. The highest BCUT2D eigenvalue weighted by molar-refractivity contribution is 5.78. The third kappa shape index (κ3) is 5.32. The maximum absolute atomic E-state index is 11.3. The highest BCUT2D eigenvalue weighted by Gasteiger charge is 2.02. The number of carbonyl (C=O) groups excluding carboxylic acids is 2. The molecule has 0 rings (SSSR count). The molecule has 0 aromatic rings. The van der Waals surface area contributed by atoms with Gasteiger partial charge in [-0.15, -0.1) is 4.48 Å². The van der Waals surface area contributed by atoms with Crippen LogP contribution in [-0.4, -0.2) is 18.9 Å². The summed E-state index contributed by atoms with van der Waals surface area (Å²) in [7, 11) is 1.51. The molecule has 0 atom stereocenters. The van der Waals surface area contributed by atoms with Crippen molar-refractivity contribution in [3.63, 3.8) is 0 Å². The summed E-state index contributed by atoms with van der Waals surface area (Å²) in [5, 5.41) is 2.39. The summed E-state index contributed by atoms with van der Waals surface area (Å²) in [5.41, 5.74) is 0.986. The Kier molecular flexibility index (Phi) is 5.06. The fourth-order valence-corrected chi connectivity index (χ4v) is 0.582. The van der Waals surface area contributed by atoms with Gasteiger partial charge in [0, 0.05) is 19.9 Å². The number of amides is 2. The summed E-state index contributed by atoms with van der Waals surface area (Å²) in [4.78, 5) is 20.8. The summed E-state index contributed by atoms with van der Waals surface area (Å²) in [6.07, 6.45) is 0.670. The molecule has 0 spiro atoms. The SMILES string of the molecule is CNC(=O)CCCC(=O)NF. The van der Waals surface area contributed by atoms with Crippen LogP contribution in [0.1, 0.15) is 19.3 Å². The number of hydrogen-bond donors (Lipinski definition) is 2. The Hall–Kier alpha value is -1.13. The molecule has 0 radical (unpaired) electrons. The molecule has 4 nitrogen and oxygen atoms in total. The number of nitrogens with one attached hydrogen (secondary N) is 2. The molecule has 0 aliphatic carbocycles. The molecular weight excluding hydrogens is 151 g/mol. The monoisotopic (exact) mass is 162 g/mol. The molecule has 0 fully saturated rings. The topological polar surface area (TPSA) is 58.2 Å². The predicted octanol–water partition coefficient (Wildman–Crippen LogP) is -0.0966. The Bertz CT molecular complexity index is 134. The second-order valence-electron chi connectivity index (χ2n) is 2.04. The van der Waals surface area contributed by atoms with E-state index >= 15 is 0 Å². The van der Waals surface area contributed by atoms with Gasteiger partial charge in [-0.2, -0.15) is 5.54 Å². The van der Waals surface area contributed by atoms with Crippen LogP contribution in [-0.2, 0) is 9.59 Å². The van der Waals surface area contributed by atoms with Crippen molar-refractivity contribution in [2.45, 2.75) is 19.3 Å². The molecule has 0 saturated carbocycles. The van der Waals surface area contributed by atoms with E-state index in [2.05, 4.69) is 5.32 Å². The lowest BCUT2D eigenvalue weighted by atomic mass is 10.2. The van der Waals surface area contributed by atoms with Crippen LogP contribution in [0.25, 0.3) is 0 Å². The molecule has 0 heterocycles. The number of hydrogen-bond acceptors (Lipinski definition) is 2. The van der Waals surface area contributed by atoms with Crippen molar-refractivity contribution in [3.8, 4) is 0 Å². The minimum absolute atomic E-state index is 0.0456. The maximum atomic E-state index is 11.3. The van der Waals surface area contributed by atoms with Crippen LogP contribution in [0.3, 0.4) is 0 Å². The van der Waals surface area contributed by atoms with Crippen molar-refractivity contribution in [2.24, 2.45) is 0 Å². The normalized spacial score (nSPS) is 8.91. The van der Waals surface area contributed by atoms with E-state index in [4.69, 9.17) is 0 Å². The van der Waals surface area contributed by atoms with Crippen molar-refractivity contribution in [1.82, 2.24) is 10.9 Å². The van der Waals surface area contributed by atoms with E-state index < -0.39 is 5.91 Å². The molecule has 2 amide bonds. The van der Waals surface area contributed by atoms with Gasteiger partial charge in [-0.05, 0) is 6.42 Å². The van der Waals surface area contributed by atoms with Gasteiger partial charge in [0.05, 0.1) is 0 Å². The third-order valence-electron chi connectivity index (χ3n) is 1.19. The van der Waals surface area contributed by atoms with Gasteiger partial charge in [-0.25, -0.2) is 0 Å². The minimum atomic E-state index is -0.686. The summed E-state index contributed by atoms with van der Waals surface area (Å²) in [6.45, 7) is 0. The van der Waals surface area contributed by atoms with Gasteiger partial charge in [0.2, 0.25) is 11.8 Å². The fourth-order valence-electron chi connectivity index (χ4n) is 0.582. The molecule has 0 aromatic carbocycles. The van der Waals surface area contributed by atoms with Crippen molar-refractivity contribution in [3.05, 3.63) is 0 Å². The van der Waals surface area contributed by atoms with Crippen molar-refractivity contribution < 1.29 is 14.1 Å². The lowest BCUT2D eigenvalue weighted by Crippen LogP contribution is -2.19. The standard InChI is InChI=1S/C6H11FN2O2/c1-8-5(10)3-2-4-6(11)9-7/h2-4H2,1H3,(H,8,10)(H,9,11). The molecular formula is C6H11FN2O2. The van der Waals surface area contributed by atoms with Crippen LogP contribution in [0.2, 0.25) is 0 Å². The Labute approximate surface area is 64.1 Å². The van der Waals surface area contributed by atoms with Crippen molar-refractivity contribution in [2.75, 3.05) is 7.05 Å². The molecule has 5 heteroatoms. The predicted molar refractivity (Wildman–Crippen MR) is 37.2 cm³/mol. The average Bonchev–Trinajstić information content (AvgIpc) is 2.04. The maximum Gasteiger partial charge on any atom is 0.247 e. The van der Waals surface area contributed by atoms with Gasteiger partial charge in [0.25, 0.3) is 0 Å². The van der Waals surface area contributed by atoms with Crippen LogP contribution in [0.4, 0.5) is 4.48 Å². The van der Waals surface area contributed by atoms with Crippen LogP contribution in [0, 0.1) is 0 Å². The van der Waals surface area contributed by atoms with Gasteiger partial charge in [0.15, 0.2) is 0 Å². The van der Waals surface area contributed by atoms with Crippen molar-refractivity contribution >= 4 is 11.8 Å². The fraction of sp³-hybridized carbons (Fsp3) is 0.667. The molecule has 0 saturated heterocycles. The summed E-state index contributed by atoms with van der Waals surface area (Å²) in [6, 6.07) is 0. The first-order valence-corrected chi connectivity index (χ1v) is 3.30. The van der Waals surface area contributed by atoms with Crippen molar-refractivity contribution in [1.29, 1.82) is 0 Å². The zero-order chi connectivity index (χ0) is 8.69. The highest BCUT2D eigenvalue weighted by Crippen LogP contribution is 1.94. The van der Waals surface area contributed by atoms with Crippen LogP contribution < -0.4 is 10.9 Å². The van der Waals surface area contributed by atoms with E-state index in [0.717, 1.165) is 5.54 Å². The molecule has 0 aliphatic heterocycles. The van der Waals surface area contributed by atoms with E-state index in [-0.39, 0.29) is 18.7 Å². The first-order chi connectivity index (χ1) is 5.20. The van der Waals surface area contributed by atoms with E-state index in [0.29, 0.717) is 6.42 Å². The second kappa shape index (κ2) is 5.64. The number of carbonyl (C=O) groups is 2. The summed E-state index contributed by atoms with van der Waals surface area (Å²) in [5.74, 6) is -0.828. The minimum Gasteiger partial charge on any atom is -0.359 e. The zero-order valence-corrected chi connectivity index (χ0v) is 6.32. The van der Waals surface area contributed by atoms with Crippen LogP contribution >= 0.6 is 0 Å². The molecule has 0 aromatic heterocycles. The van der Waals surface area contributed by atoms with Gasteiger partial charge >= 0.3 is 0 Å². The van der Waals surface area contributed by atoms with Gasteiger partial charge < -0.3 is 5.32 Å². The van der Waals surface area contributed by atoms with Gasteiger partial charge in [-0.3, -0.25) is 9.59 Å². The molecule has 0 unspecified atom stereocenters. The number of rotatable bonds is 4. The average molecular weight is 162 g/mol. The quantitative estimate of drug-likeness (QED) is 0.567. The highest BCUT2D eigenvalue weighted by atomic mass is 19.2. The van der Waals surface area contributed by atoms with E-state index in [1.165, 1.54) is 7.05 Å². The Morgan fingerprint density at radius 2 is 1.82 bits per heavy atom. The summed E-state index contributed by atoms with van der Waals surface area (Å²) >= 11 is 0. The Morgan fingerprint density at radius 3 is 2.27 bits per heavy atom. The molecule has 2 N–H and O–H groups in total. The largest absolute Gasteiger partial charge is 0.359 e. The molecule has 0 aliphatic rings. The molecule has 11 heavy (non-hydrogen) atoms. The third-order valence-corrected chi connectivity index (χ3v) is 1.19. The molecule has 0 bridgehead atoms. The van der Waals surface area contributed by atoms with E-state index in [9.17, 15) is 14.1 Å². The smallest absolute Gasteiger partial charge is 0.247 e. The van der Waals surface area contributed by atoms with Crippen LogP contribution in [0.15, 0.2) is 0 Å². The van der Waals surface area contributed by atoms with Gasteiger partial charge in [-0.1, -0.05) is 0 Å². The van der Waals surface area contributed by atoms with Crippen LogP contribution in [0.5, 0.6) is 0 Å². The Morgan fingerprint density at radius 1 is 1.27 bits per heavy atom. The Balaban J connectivity index is 3.27. The lowest BCUT2D eigenvalue weighted by molar-refractivity contribution is -0.125. The lowest BCUT2D eigenvalue weighted by Gasteiger charge is -1.97.